The van der Waals surface area contributed by atoms with Gasteiger partial charge in [0.25, 0.3) is 5.91 Å². The van der Waals surface area contributed by atoms with Crippen LogP contribution in [0, 0.1) is 0 Å². The molecule has 0 saturated heterocycles. The lowest BCUT2D eigenvalue weighted by Gasteiger charge is -2.07. The number of carbonyl (C=O) groups excluding carboxylic acids is 2. The highest BCUT2D eigenvalue weighted by Gasteiger charge is 2.08. The van der Waals surface area contributed by atoms with Gasteiger partial charge in [0, 0.05) is 10.0 Å². The van der Waals surface area contributed by atoms with Gasteiger partial charge >= 0.3 is 5.97 Å². The Hall–Kier alpha value is -3.06. The van der Waals surface area contributed by atoms with Crippen molar-refractivity contribution in [1.29, 1.82) is 0 Å². The third-order valence-corrected chi connectivity index (χ3v) is 4.61. The minimum absolute atomic E-state index is 0.266. The molecule has 0 aliphatic heterocycles. The van der Waals surface area contributed by atoms with E-state index in [-0.39, 0.29) is 6.61 Å². The molecule has 1 N–H and O–H groups in total. The summed E-state index contributed by atoms with van der Waals surface area (Å²) in [5, 5.41) is 5.17. The molecular formula is C22H15Cl3N2O4. The molecule has 0 saturated carbocycles. The van der Waals surface area contributed by atoms with Gasteiger partial charge in [0.1, 0.15) is 11.5 Å². The van der Waals surface area contributed by atoms with E-state index >= 15 is 0 Å². The van der Waals surface area contributed by atoms with Crippen LogP contribution in [0.2, 0.25) is 15.1 Å². The molecule has 0 aliphatic carbocycles. The van der Waals surface area contributed by atoms with E-state index < -0.39 is 11.9 Å². The number of carbonyl (C=O) groups is 2. The molecule has 0 heterocycles. The SMILES string of the molecule is O=C(COc1ccc(Cl)cc1Cl)N/N=C/c1ccc(OC(=O)c2ccc(Cl)cc2)cc1. The Kier molecular flexibility index (Phi) is 7.89. The molecule has 6 nitrogen and oxygen atoms in total. The van der Waals surface area contributed by atoms with E-state index in [0.29, 0.717) is 37.7 Å². The van der Waals surface area contributed by atoms with Crippen LogP contribution in [0.4, 0.5) is 0 Å². The largest absolute Gasteiger partial charge is 0.482 e. The van der Waals surface area contributed by atoms with Crippen molar-refractivity contribution in [2.24, 2.45) is 5.10 Å². The summed E-state index contributed by atoms with van der Waals surface area (Å²) in [7, 11) is 0. The average Bonchev–Trinajstić information content (AvgIpc) is 2.75. The highest BCUT2D eigenvalue weighted by molar-refractivity contribution is 6.35. The van der Waals surface area contributed by atoms with Gasteiger partial charge in [-0.2, -0.15) is 5.10 Å². The molecule has 0 aromatic heterocycles. The number of esters is 1. The van der Waals surface area contributed by atoms with Crippen LogP contribution in [-0.4, -0.2) is 24.7 Å². The molecule has 158 valence electrons. The number of ether oxygens (including phenoxy) is 2. The molecule has 3 aromatic rings. The summed E-state index contributed by atoms with van der Waals surface area (Å²) in [6.07, 6.45) is 1.44. The van der Waals surface area contributed by atoms with Gasteiger partial charge in [0.15, 0.2) is 6.61 Å². The summed E-state index contributed by atoms with van der Waals surface area (Å²) >= 11 is 17.6. The first kappa shape index (κ1) is 22.6. The Balaban J connectivity index is 1.47. The van der Waals surface area contributed by atoms with E-state index in [0.717, 1.165) is 0 Å². The number of nitrogens with zero attached hydrogens (tertiary/aromatic N) is 1. The normalized spacial score (nSPS) is 10.7. The maximum Gasteiger partial charge on any atom is 0.343 e. The molecule has 0 fully saturated rings. The van der Waals surface area contributed by atoms with Gasteiger partial charge in [-0.15, -0.1) is 0 Å². The number of rotatable bonds is 7. The van der Waals surface area contributed by atoms with Crippen molar-refractivity contribution in [3.63, 3.8) is 0 Å². The number of halogens is 3. The van der Waals surface area contributed by atoms with Crippen molar-refractivity contribution in [3.05, 3.63) is 92.9 Å². The van der Waals surface area contributed by atoms with Crippen LogP contribution < -0.4 is 14.9 Å². The molecule has 1 amide bonds. The highest BCUT2D eigenvalue weighted by Crippen LogP contribution is 2.27. The first-order valence-corrected chi connectivity index (χ1v) is 10.0. The number of benzene rings is 3. The van der Waals surface area contributed by atoms with E-state index in [1.807, 2.05) is 0 Å². The Labute approximate surface area is 193 Å². The van der Waals surface area contributed by atoms with Crippen molar-refractivity contribution in [3.8, 4) is 11.5 Å². The zero-order chi connectivity index (χ0) is 22.2. The molecule has 0 aliphatic rings. The van der Waals surface area contributed by atoms with Crippen molar-refractivity contribution in [2.75, 3.05) is 6.61 Å². The molecule has 0 spiro atoms. The van der Waals surface area contributed by atoms with Crippen LogP contribution in [-0.2, 0) is 4.79 Å². The standard InChI is InChI=1S/C22H15Cl3N2O4/c23-16-5-3-15(4-6-16)22(29)31-18-8-1-14(2-9-18)12-26-27-21(28)13-30-20-10-7-17(24)11-19(20)25/h1-12H,13H2,(H,27,28)/b26-12+. The summed E-state index contributed by atoms with van der Waals surface area (Å²) in [4.78, 5) is 23.9. The summed E-state index contributed by atoms with van der Waals surface area (Å²) in [5.41, 5.74) is 3.42. The molecule has 0 unspecified atom stereocenters. The van der Waals surface area contributed by atoms with Crippen molar-refractivity contribution < 1.29 is 19.1 Å². The van der Waals surface area contributed by atoms with Gasteiger partial charge in [-0.25, -0.2) is 10.2 Å². The van der Waals surface area contributed by atoms with Crippen molar-refractivity contribution in [1.82, 2.24) is 5.43 Å². The Morgan fingerprint density at radius 1 is 0.903 bits per heavy atom. The second-order valence-electron chi connectivity index (χ2n) is 6.12. The molecule has 9 heteroatoms. The van der Waals surface area contributed by atoms with Crippen LogP contribution in [0.3, 0.4) is 0 Å². The molecule has 3 rings (SSSR count). The van der Waals surface area contributed by atoms with Gasteiger partial charge < -0.3 is 9.47 Å². The van der Waals surface area contributed by atoms with E-state index in [4.69, 9.17) is 44.3 Å². The fraction of sp³-hybridized carbons (Fsp3) is 0.0455. The summed E-state index contributed by atoms with van der Waals surface area (Å²) < 4.78 is 10.6. The van der Waals surface area contributed by atoms with E-state index in [9.17, 15) is 9.59 Å². The third kappa shape index (κ3) is 7.00. The van der Waals surface area contributed by atoms with Gasteiger partial charge in [0.2, 0.25) is 0 Å². The van der Waals surface area contributed by atoms with Gasteiger partial charge in [0.05, 0.1) is 16.8 Å². The maximum atomic E-state index is 12.1. The second-order valence-corrected chi connectivity index (χ2v) is 7.40. The lowest BCUT2D eigenvalue weighted by Crippen LogP contribution is -2.24. The van der Waals surface area contributed by atoms with Gasteiger partial charge in [-0.05, 0) is 72.3 Å². The monoisotopic (exact) mass is 476 g/mol. The van der Waals surface area contributed by atoms with Gasteiger partial charge in [-0.1, -0.05) is 34.8 Å². The molecule has 3 aromatic carbocycles. The predicted octanol–water partition coefficient (Wildman–Crippen LogP) is 5.40. The molecular weight excluding hydrogens is 463 g/mol. The van der Waals surface area contributed by atoms with E-state index in [1.165, 1.54) is 12.3 Å². The Bertz CT molecular complexity index is 1100. The van der Waals surface area contributed by atoms with Crippen molar-refractivity contribution >= 4 is 52.9 Å². The number of amides is 1. The fourth-order valence-electron chi connectivity index (χ4n) is 2.32. The lowest BCUT2D eigenvalue weighted by atomic mass is 10.2. The molecule has 0 bridgehead atoms. The average molecular weight is 478 g/mol. The molecule has 0 radical (unpaired) electrons. The van der Waals surface area contributed by atoms with Gasteiger partial charge in [-0.3, -0.25) is 4.79 Å². The quantitative estimate of drug-likeness (QED) is 0.214. The van der Waals surface area contributed by atoms with Crippen LogP contribution in [0.5, 0.6) is 11.5 Å². The first-order chi connectivity index (χ1) is 14.9. The summed E-state index contributed by atoms with van der Waals surface area (Å²) in [6, 6.07) is 17.7. The molecule has 0 atom stereocenters. The predicted molar refractivity (Wildman–Crippen MR) is 121 cm³/mol. The van der Waals surface area contributed by atoms with E-state index in [2.05, 4.69) is 10.5 Å². The van der Waals surface area contributed by atoms with Crippen LogP contribution in [0.1, 0.15) is 15.9 Å². The zero-order valence-corrected chi connectivity index (χ0v) is 18.1. The minimum atomic E-state index is -0.494. The highest BCUT2D eigenvalue weighted by atomic mass is 35.5. The first-order valence-electron chi connectivity index (χ1n) is 8.88. The third-order valence-electron chi connectivity index (χ3n) is 3.83. The fourth-order valence-corrected chi connectivity index (χ4v) is 2.91. The number of nitrogens with one attached hydrogen (secondary N) is 1. The van der Waals surface area contributed by atoms with Crippen LogP contribution in [0.15, 0.2) is 71.8 Å². The topological polar surface area (TPSA) is 77.0 Å². The number of hydrogen-bond donors (Lipinski definition) is 1. The summed E-state index contributed by atoms with van der Waals surface area (Å²) in [6.45, 7) is -0.266. The number of hydrazone groups is 1. The van der Waals surface area contributed by atoms with Crippen LogP contribution in [0.25, 0.3) is 0 Å². The smallest absolute Gasteiger partial charge is 0.343 e. The van der Waals surface area contributed by atoms with Crippen LogP contribution >= 0.6 is 34.8 Å². The second kappa shape index (κ2) is 10.8. The van der Waals surface area contributed by atoms with E-state index in [1.54, 1.807) is 60.7 Å². The minimum Gasteiger partial charge on any atom is -0.482 e. The number of hydrogen-bond acceptors (Lipinski definition) is 5. The summed E-state index contributed by atoms with van der Waals surface area (Å²) in [5.74, 6) is -0.245. The maximum absolute atomic E-state index is 12.1. The lowest BCUT2D eigenvalue weighted by molar-refractivity contribution is -0.123. The zero-order valence-electron chi connectivity index (χ0n) is 15.8. The van der Waals surface area contributed by atoms with Crippen molar-refractivity contribution in [2.45, 2.75) is 0 Å². The molecule has 31 heavy (non-hydrogen) atoms. The Morgan fingerprint density at radius 3 is 2.26 bits per heavy atom. The Morgan fingerprint density at radius 2 is 1.58 bits per heavy atom.